The topological polar surface area (TPSA) is 55.8 Å². The van der Waals surface area contributed by atoms with Gasteiger partial charge in [-0.2, -0.15) is 0 Å². The second-order valence-corrected chi connectivity index (χ2v) is 4.42. The van der Waals surface area contributed by atoms with E-state index in [0.29, 0.717) is 29.4 Å². The largest absolute Gasteiger partial charge is 0.497 e. The third-order valence-electron chi connectivity index (χ3n) is 2.99. The Morgan fingerprint density at radius 3 is 2.76 bits per heavy atom. The van der Waals surface area contributed by atoms with E-state index in [1.807, 2.05) is 0 Å². The van der Waals surface area contributed by atoms with E-state index >= 15 is 0 Å². The number of carboxylic acid groups (broad SMARTS) is 1. The lowest BCUT2D eigenvalue weighted by atomic mass is 9.83. The number of rotatable bonds is 4. The van der Waals surface area contributed by atoms with E-state index in [1.165, 1.54) is 0 Å². The molecule has 1 atom stereocenters. The molecular weight excluding hydrogens is 244 g/mol. The maximum Gasteiger partial charge on any atom is 0.306 e. The van der Waals surface area contributed by atoms with Gasteiger partial charge in [0.25, 0.3) is 0 Å². The molecule has 1 heterocycles. The average Bonchev–Trinajstić information content (AvgIpc) is 2.23. The zero-order valence-electron chi connectivity index (χ0n) is 9.40. The Bertz CT molecular complexity index is 440. The van der Waals surface area contributed by atoms with E-state index in [9.17, 15) is 4.79 Å². The first-order valence-corrected chi connectivity index (χ1v) is 5.65. The van der Waals surface area contributed by atoms with Crippen LogP contribution in [0.4, 0.5) is 0 Å². The van der Waals surface area contributed by atoms with Gasteiger partial charge < -0.3 is 14.6 Å². The normalized spacial score (nSPS) is 22.9. The monoisotopic (exact) mass is 256 g/mol. The Morgan fingerprint density at radius 1 is 1.65 bits per heavy atom. The van der Waals surface area contributed by atoms with Crippen molar-refractivity contribution in [3.63, 3.8) is 0 Å². The summed E-state index contributed by atoms with van der Waals surface area (Å²) < 4.78 is 10.5. The van der Waals surface area contributed by atoms with Gasteiger partial charge in [-0.05, 0) is 12.1 Å². The van der Waals surface area contributed by atoms with Crippen molar-refractivity contribution in [1.82, 2.24) is 0 Å². The molecule has 1 aliphatic heterocycles. The molecule has 0 aliphatic carbocycles. The van der Waals surface area contributed by atoms with Gasteiger partial charge in [-0.3, -0.25) is 4.79 Å². The van der Waals surface area contributed by atoms with Crippen molar-refractivity contribution in [2.45, 2.75) is 18.4 Å². The number of carboxylic acids is 1. The summed E-state index contributed by atoms with van der Waals surface area (Å²) in [6.45, 7) is 0.565. The number of hydrogen-bond acceptors (Lipinski definition) is 3. The predicted molar refractivity (Wildman–Crippen MR) is 62.5 cm³/mol. The summed E-state index contributed by atoms with van der Waals surface area (Å²) in [6, 6.07) is 5.19. The van der Waals surface area contributed by atoms with Gasteiger partial charge in [0.05, 0.1) is 25.2 Å². The Balaban J connectivity index is 2.34. The molecule has 1 aromatic rings. The highest BCUT2D eigenvalue weighted by Crippen LogP contribution is 2.44. The molecule has 0 spiro atoms. The highest BCUT2D eigenvalue weighted by atomic mass is 35.5. The van der Waals surface area contributed by atoms with Crippen LogP contribution in [0.1, 0.15) is 18.4 Å². The summed E-state index contributed by atoms with van der Waals surface area (Å²) >= 11 is 6.14. The number of hydrogen-bond donors (Lipinski definition) is 1. The molecule has 0 saturated carbocycles. The third kappa shape index (κ3) is 2.23. The van der Waals surface area contributed by atoms with Crippen LogP contribution in [0.5, 0.6) is 5.75 Å². The molecule has 92 valence electrons. The number of ether oxygens (including phenoxy) is 2. The lowest BCUT2D eigenvalue weighted by molar-refractivity contribution is -0.176. The Kier molecular flexibility index (Phi) is 3.26. The Labute approximate surface area is 104 Å². The molecule has 1 N–H and O–H groups in total. The van der Waals surface area contributed by atoms with E-state index in [2.05, 4.69) is 0 Å². The van der Waals surface area contributed by atoms with Crippen LogP contribution >= 0.6 is 11.6 Å². The molecule has 1 unspecified atom stereocenters. The predicted octanol–water partition coefficient (Wildman–Crippen LogP) is 2.44. The third-order valence-corrected chi connectivity index (χ3v) is 3.30. The SMILES string of the molecule is COc1ccc(C2(CC(=O)O)CCO2)c(Cl)c1. The molecule has 1 saturated heterocycles. The van der Waals surface area contributed by atoms with Crippen molar-refractivity contribution < 1.29 is 19.4 Å². The van der Waals surface area contributed by atoms with E-state index in [4.69, 9.17) is 26.2 Å². The lowest BCUT2D eigenvalue weighted by Crippen LogP contribution is -2.42. The van der Waals surface area contributed by atoms with Gasteiger partial charge in [0.15, 0.2) is 0 Å². The highest BCUT2D eigenvalue weighted by molar-refractivity contribution is 6.31. The van der Waals surface area contributed by atoms with Gasteiger partial charge in [0.1, 0.15) is 11.4 Å². The van der Waals surface area contributed by atoms with Crippen molar-refractivity contribution in [3.05, 3.63) is 28.8 Å². The molecule has 0 amide bonds. The minimum atomic E-state index is -0.892. The van der Waals surface area contributed by atoms with Gasteiger partial charge in [-0.25, -0.2) is 0 Å². The number of halogens is 1. The summed E-state index contributed by atoms with van der Waals surface area (Å²) in [6.07, 6.45) is 0.602. The maximum absolute atomic E-state index is 10.9. The van der Waals surface area contributed by atoms with Crippen LogP contribution in [-0.4, -0.2) is 24.8 Å². The van der Waals surface area contributed by atoms with E-state index in [0.717, 1.165) is 0 Å². The number of carbonyl (C=O) groups is 1. The fourth-order valence-corrected chi connectivity index (χ4v) is 2.37. The van der Waals surface area contributed by atoms with Gasteiger partial charge in [0.2, 0.25) is 0 Å². The molecule has 1 fully saturated rings. The fourth-order valence-electron chi connectivity index (χ4n) is 2.03. The molecule has 0 radical (unpaired) electrons. The summed E-state index contributed by atoms with van der Waals surface area (Å²) in [5.41, 5.74) is -0.0524. The number of aliphatic carboxylic acids is 1. The second-order valence-electron chi connectivity index (χ2n) is 4.01. The summed E-state index contributed by atoms with van der Waals surface area (Å²) in [5, 5.41) is 9.40. The Morgan fingerprint density at radius 2 is 2.35 bits per heavy atom. The standard InChI is InChI=1S/C12H13ClO4/c1-16-8-2-3-9(10(13)6-8)12(4-5-17-12)7-11(14)15/h2-3,6H,4-5,7H2,1H3,(H,14,15). The van der Waals surface area contributed by atoms with Crippen molar-refractivity contribution in [2.24, 2.45) is 0 Å². The van der Waals surface area contributed by atoms with E-state index in [1.54, 1.807) is 25.3 Å². The molecule has 0 bridgehead atoms. The van der Waals surface area contributed by atoms with Gasteiger partial charge in [0, 0.05) is 12.0 Å². The summed E-state index contributed by atoms with van der Waals surface area (Å²) in [4.78, 5) is 10.9. The molecule has 5 heteroatoms. The molecular formula is C12H13ClO4. The van der Waals surface area contributed by atoms with Gasteiger partial charge >= 0.3 is 5.97 Å². The first kappa shape index (κ1) is 12.2. The van der Waals surface area contributed by atoms with Crippen LogP contribution in [0.15, 0.2) is 18.2 Å². The molecule has 17 heavy (non-hydrogen) atoms. The minimum Gasteiger partial charge on any atom is -0.497 e. The molecule has 1 aliphatic rings. The molecule has 2 rings (SSSR count). The van der Waals surface area contributed by atoms with Crippen molar-refractivity contribution in [2.75, 3.05) is 13.7 Å². The summed E-state index contributed by atoms with van der Waals surface area (Å²) in [5.74, 6) is -0.250. The number of benzene rings is 1. The van der Waals surface area contributed by atoms with Gasteiger partial charge in [-0.1, -0.05) is 17.7 Å². The minimum absolute atomic E-state index is 0.0704. The molecule has 0 aromatic heterocycles. The zero-order valence-corrected chi connectivity index (χ0v) is 10.2. The van der Waals surface area contributed by atoms with Crippen molar-refractivity contribution in [1.29, 1.82) is 0 Å². The fraction of sp³-hybridized carbons (Fsp3) is 0.417. The average molecular weight is 257 g/mol. The summed E-state index contributed by atoms with van der Waals surface area (Å²) in [7, 11) is 1.55. The number of methoxy groups -OCH3 is 1. The van der Waals surface area contributed by atoms with Crippen LogP contribution in [0.25, 0.3) is 0 Å². The molecule has 1 aromatic carbocycles. The van der Waals surface area contributed by atoms with Crippen LogP contribution in [-0.2, 0) is 15.1 Å². The van der Waals surface area contributed by atoms with Crippen LogP contribution in [0.3, 0.4) is 0 Å². The van der Waals surface area contributed by atoms with Crippen molar-refractivity contribution in [3.8, 4) is 5.75 Å². The highest BCUT2D eigenvalue weighted by Gasteiger charge is 2.43. The van der Waals surface area contributed by atoms with E-state index < -0.39 is 11.6 Å². The van der Waals surface area contributed by atoms with Crippen LogP contribution in [0.2, 0.25) is 5.02 Å². The first-order valence-electron chi connectivity index (χ1n) is 5.27. The van der Waals surface area contributed by atoms with E-state index in [-0.39, 0.29) is 6.42 Å². The maximum atomic E-state index is 10.9. The molecule has 4 nitrogen and oxygen atoms in total. The van der Waals surface area contributed by atoms with Crippen molar-refractivity contribution >= 4 is 17.6 Å². The van der Waals surface area contributed by atoms with Crippen LogP contribution in [0, 0.1) is 0 Å². The zero-order chi connectivity index (χ0) is 12.5. The quantitative estimate of drug-likeness (QED) is 0.899. The Hall–Kier alpha value is -1.26. The van der Waals surface area contributed by atoms with Gasteiger partial charge in [-0.15, -0.1) is 0 Å². The first-order chi connectivity index (χ1) is 8.07. The second kappa shape index (κ2) is 4.55. The van der Waals surface area contributed by atoms with Crippen LogP contribution < -0.4 is 4.74 Å². The lowest BCUT2D eigenvalue weighted by Gasteiger charge is -2.41. The smallest absolute Gasteiger partial charge is 0.306 e.